The average molecular weight is 229 g/mol. The number of nitrogens with zero attached hydrogens (tertiary/aromatic N) is 1. The lowest BCUT2D eigenvalue weighted by molar-refractivity contribution is 0.213. The number of hydrogen-bond donors (Lipinski definition) is 1. The molecule has 88 valence electrons. The van der Waals surface area contributed by atoms with Crippen molar-refractivity contribution in [1.29, 1.82) is 0 Å². The second kappa shape index (κ2) is 4.97. The first-order valence-corrected chi connectivity index (χ1v) is 5.46. The number of rotatable bonds is 3. The second-order valence-electron chi connectivity index (χ2n) is 3.82. The van der Waals surface area contributed by atoms with Crippen LogP contribution in [0.5, 0.6) is 5.75 Å². The van der Waals surface area contributed by atoms with Crippen LogP contribution in [-0.4, -0.2) is 17.2 Å². The van der Waals surface area contributed by atoms with Crippen molar-refractivity contribution in [2.45, 2.75) is 13.0 Å². The average Bonchev–Trinajstić information content (AvgIpc) is 2.38. The zero-order chi connectivity index (χ0) is 12.3. The number of aliphatic hydroxyl groups excluding tert-OH is 1. The number of methoxy groups -OCH3 is 1. The Morgan fingerprint density at radius 2 is 1.82 bits per heavy atom. The molecule has 1 N–H and O–H groups in total. The summed E-state index contributed by atoms with van der Waals surface area (Å²) < 4.78 is 5.25. The predicted octanol–water partition coefficient (Wildman–Crippen LogP) is 2.48. The van der Waals surface area contributed by atoms with E-state index in [4.69, 9.17) is 4.74 Å². The molecule has 0 spiro atoms. The third-order valence-electron chi connectivity index (χ3n) is 2.78. The summed E-state index contributed by atoms with van der Waals surface area (Å²) in [5, 5.41) is 10.4. The molecule has 3 heteroatoms. The Balaban J connectivity index is 2.44. The Morgan fingerprint density at radius 1 is 1.12 bits per heavy atom. The molecule has 0 saturated heterocycles. The lowest BCUT2D eigenvalue weighted by Gasteiger charge is -2.16. The van der Waals surface area contributed by atoms with Gasteiger partial charge in [0, 0.05) is 23.0 Å². The van der Waals surface area contributed by atoms with Gasteiger partial charge in [0.25, 0.3) is 0 Å². The smallest absolute Gasteiger partial charge is 0.125 e. The summed E-state index contributed by atoms with van der Waals surface area (Å²) in [6.45, 7) is 1.88. The lowest BCUT2D eigenvalue weighted by atomic mass is 10.00. The number of aliphatic hydroxyl groups is 1. The van der Waals surface area contributed by atoms with Gasteiger partial charge in [0.2, 0.25) is 0 Å². The number of para-hydroxylation sites is 1. The van der Waals surface area contributed by atoms with Crippen molar-refractivity contribution < 1.29 is 9.84 Å². The van der Waals surface area contributed by atoms with Crippen LogP contribution in [0.1, 0.15) is 22.9 Å². The predicted molar refractivity (Wildman–Crippen MR) is 66.0 cm³/mol. The second-order valence-corrected chi connectivity index (χ2v) is 3.82. The van der Waals surface area contributed by atoms with Crippen LogP contribution in [0.2, 0.25) is 0 Å². The molecule has 2 aromatic rings. The molecular formula is C14H15NO2. The van der Waals surface area contributed by atoms with Gasteiger partial charge in [0.1, 0.15) is 11.9 Å². The summed E-state index contributed by atoms with van der Waals surface area (Å²) in [7, 11) is 1.60. The summed E-state index contributed by atoms with van der Waals surface area (Å²) in [5.74, 6) is 0.684. The third-order valence-corrected chi connectivity index (χ3v) is 2.78. The molecule has 3 nitrogen and oxygen atoms in total. The summed E-state index contributed by atoms with van der Waals surface area (Å²) in [6.07, 6.45) is 1.01. The van der Waals surface area contributed by atoms with Gasteiger partial charge >= 0.3 is 0 Å². The van der Waals surface area contributed by atoms with Gasteiger partial charge in [-0.05, 0) is 19.1 Å². The van der Waals surface area contributed by atoms with Crippen LogP contribution in [0.3, 0.4) is 0 Å². The first kappa shape index (κ1) is 11.6. The van der Waals surface area contributed by atoms with E-state index in [1.165, 1.54) is 0 Å². The molecular weight excluding hydrogens is 214 g/mol. The van der Waals surface area contributed by atoms with Crippen molar-refractivity contribution in [1.82, 2.24) is 4.98 Å². The van der Waals surface area contributed by atoms with Crippen LogP contribution in [0.15, 0.2) is 42.6 Å². The highest BCUT2D eigenvalue weighted by atomic mass is 16.5. The zero-order valence-corrected chi connectivity index (χ0v) is 9.92. The molecule has 2 rings (SSSR count). The Hall–Kier alpha value is -1.87. The highest BCUT2D eigenvalue weighted by Gasteiger charge is 2.16. The SMILES string of the molecule is COc1ccccc1C(O)c1cccnc1C. The summed E-state index contributed by atoms with van der Waals surface area (Å²) in [4.78, 5) is 4.18. The van der Waals surface area contributed by atoms with Crippen molar-refractivity contribution in [2.24, 2.45) is 0 Å². The van der Waals surface area contributed by atoms with Crippen LogP contribution >= 0.6 is 0 Å². The first-order valence-electron chi connectivity index (χ1n) is 5.46. The quantitative estimate of drug-likeness (QED) is 0.879. The molecule has 1 heterocycles. The molecule has 0 radical (unpaired) electrons. The largest absolute Gasteiger partial charge is 0.496 e. The summed E-state index contributed by atoms with van der Waals surface area (Å²) in [5.41, 5.74) is 2.38. The van der Waals surface area contributed by atoms with Crippen molar-refractivity contribution in [2.75, 3.05) is 7.11 Å². The Bertz CT molecular complexity index is 511. The van der Waals surface area contributed by atoms with Crippen molar-refractivity contribution in [3.63, 3.8) is 0 Å². The van der Waals surface area contributed by atoms with E-state index in [0.717, 1.165) is 16.8 Å². The van der Waals surface area contributed by atoms with Gasteiger partial charge in [-0.2, -0.15) is 0 Å². The van der Waals surface area contributed by atoms with E-state index < -0.39 is 6.10 Å². The normalized spacial score (nSPS) is 12.2. The minimum Gasteiger partial charge on any atom is -0.496 e. The molecule has 0 saturated carbocycles. The van der Waals surface area contributed by atoms with E-state index in [1.54, 1.807) is 13.3 Å². The monoisotopic (exact) mass is 229 g/mol. The van der Waals surface area contributed by atoms with Crippen molar-refractivity contribution >= 4 is 0 Å². The highest BCUT2D eigenvalue weighted by Crippen LogP contribution is 2.30. The van der Waals surface area contributed by atoms with Gasteiger partial charge in [0.15, 0.2) is 0 Å². The van der Waals surface area contributed by atoms with E-state index in [1.807, 2.05) is 43.3 Å². The minimum atomic E-state index is -0.708. The van der Waals surface area contributed by atoms with E-state index >= 15 is 0 Å². The van der Waals surface area contributed by atoms with Crippen molar-refractivity contribution in [3.05, 3.63) is 59.4 Å². The van der Waals surface area contributed by atoms with Gasteiger partial charge in [-0.25, -0.2) is 0 Å². The molecule has 0 aliphatic carbocycles. The highest BCUT2D eigenvalue weighted by molar-refractivity contribution is 5.40. The van der Waals surface area contributed by atoms with Gasteiger partial charge in [-0.1, -0.05) is 24.3 Å². The standard InChI is InChI=1S/C14H15NO2/c1-10-11(7-5-9-15-10)14(16)12-6-3-4-8-13(12)17-2/h3-9,14,16H,1-2H3. The lowest BCUT2D eigenvalue weighted by Crippen LogP contribution is -2.04. The van der Waals surface area contributed by atoms with E-state index in [-0.39, 0.29) is 0 Å². The summed E-state index contributed by atoms with van der Waals surface area (Å²) >= 11 is 0. The number of aromatic nitrogens is 1. The molecule has 0 fully saturated rings. The fourth-order valence-corrected chi connectivity index (χ4v) is 1.85. The number of aryl methyl sites for hydroxylation is 1. The molecule has 1 aromatic carbocycles. The molecule has 0 bridgehead atoms. The maximum atomic E-state index is 10.4. The molecule has 0 aliphatic heterocycles. The molecule has 0 amide bonds. The maximum absolute atomic E-state index is 10.4. The summed E-state index contributed by atoms with van der Waals surface area (Å²) in [6, 6.07) is 11.2. The molecule has 17 heavy (non-hydrogen) atoms. The Morgan fingerprint density at radius 3 is 2.53 bits per heavy atom. The van der Waals surface area contributed by atoms with Crippen LogP contribution in [0.25, 0.3) is 0 Å². The maximum Gasteiger partial charge on any atom is 0.125 e. The van der Waals surface area contributed by atoms with Gasteiger partial charge < -0.3 is 9.84 Å². The van der Waals surface area contributed by atoms with Crippen LogP contribution in [-0.2, 0) is 0 Å². The number of benzene rings is 1. The molecule has 1 atom stereocenters. The van der Waals surface area contributed by atoms with E-state index in [0.29, 0.717) is 5.75 Å². The zero-order valence-electron chi connectivity index (χ0n) is 9.92. The first-order chi connectivity index (χ1) is 8.24. The topological polar surface area (TPSA) is 42.4 Å². The van der Waals surface area contributed by atoms with Gasteiger partial charge in [-0.3, -0.25) is 4.98 Å². The van der Waals surface area contributed by atoms with Gasteiger partial charge in [-0.15, -0.1) is 0 Å². The number of ether oxygens (including phenoxy) is 1. The molecule has 0 aliphatic rings. The van der Waals surface area contributed by atoms with E-state index in [9.17, 15) is 5.11 Å². The number of pyridine rings is 1. The molecule has 1 aromatic heterocycles. The van der Waals surface area contributed by atoms with Crippen molar-refractivity contribution in [3.8, 4) is 5.75 Å². The fourth-order valence-electron chi connectivity index (χ4n) is 1.85. The van der Waals surface area contributed by atoms with Crippen LogP contribution in [0.4, 0.5) is 0 Å². The molecule has 1 unspecified atom stereocenters. The fraction of sp³-hybridized carbons (Fsp3) is 0.214. The van der Waals surface area contributed by atoms with Gasteiger partial charge in [0.05, 0.1) is 7.11 Å². The van der Waals surface area contributed by atoms with E-state index in [2.05, 4.69) is 4.98 Å². The number of hydrogen-bond acceptors (Lipinski definition) is 3. The third kappa shape index (κ3) is 2.29. The van der Waals surface area contributed by atoms with Crippen LogP contribution < -0.4 is 4.74 Å². The Kier molecular flexibility index (Phi) is 3.40. The Labute approximate surface area is 101 Å². The minimum absolute atomic E-state index is 0.684. The van der Waals surface area contributed by atoms with Crippen LogP contribution in [0, 0.1) is 6.92 Å².